The molecule has 6 heteroatoms. The van der Waals surface area contributed by atoms with Crippen LogP contribution in [0.25, 0.3) is 0 Å². The fourth-order valence-electron chi connectivity index (χ4n) is 9.23. The first-order valence-corrected chi connectivity index (χ1v) is 29.7. The summed E-state index contributed by atoms with van der Waals surface area (Å²) in [6.45, 7) is 11.4. The van der Waals surface area contributed by atoms with Crippen LogP contribution in [0.2, 0.25) is 0 Å². The monoisotopic (exact) mass is 933 g/mol. The van der Waals surface area contributed by atoms with Crippen LogP contribution >= 0.6 is 0 Å². The molecule has 0 amide bonds. The van der Waals surface area contributed by atoms with E-state index in [1.807, 2.05) is 0 Å². The molecule has 0 rings (SSSR count). The van der Waals surface area contributed by atoms with Crippen molar-refractivity contribution in [3.63, 3.8) is 0 Å². The minimum Gasteiger partial charge on any atom is -0.462 e. The summed E-state index contributed by atoms with van der Waals surface area (Å²) in [4.78, 5) is 38.2. The first-order chi connectivity index (χ1) is 32.2. The minimum absolute atomic E-state index is 0.0623. The van der Waals surface area contributed by atoms with E-state index in [9.17, 15) is 14.4 Å². The van der Waals surface area contributed by atoms with E-state index < -0.39 is 6.10 Å². The Labute approximate surface area is 412 Å². The summed E-state index contributed by atoms with van der Waals surface area (Å²) < 4.78 is 16.9. The van der Waals surface area contributed by atoms with Crippen LogP contribution in [0.1, 0.15) is 336 Å². The number of carbonyl (C=O) groups is 3. The third-order valence-electron chi connectivity index (χ3n) is 13.7. The Balaban J connectivity index is 4.29. The first-order valence-electron chi connectivity index (χ1n) is 29.7. The topological polar surface area (TPSA) is 78.9 Å². The van der Waals surface area contributed by atoms with Gasteiger partial charge in [0.15, 0.2) is 6.10 Å². The molecule has 0 fully saturated rings. The van der Waals surface area contributed by atoms with E-state index in [-0.39, 0.29) is 31.1 Å². The van der Waals surface area contributed by atoms with Crippen LogP contribution in [-0.4, -0.2) is 37.2 Å². The van der Waals surface area contributed by atoms with Crippen molar-refractivity contribution in [2.24, 2.45) is 11.8 Å². The van der Waals surface area contributed by atoms with Gasteiger partial charge in [0, 0.05) is 19.3 Å². The first kappa shape index (κ1) is 64.4. The van der Waals surface area contributed by atoms with Gasteiger partial charge in [-0.25, -0.2) is 0 Å². The summed E-state index contributed by atoms with van der Waals surface area (Å²) in [6.07, 6.45) is 56.6. The van der Waals surface area contributed by atoms with Gasteiger partial charge in [-0.15, -0.1) is 0 Å². The maximum atomic E-state index is 12.9. The molecule has 0 heterocycles. The van der Waals surface area contributed by atoms with Gasteiger partial charge >= 0.3 is 17.9 Å². The van der Waals surface area contributed by atoms with Gasteiger partial charge in [-0.1, -0.05) is 298 Å². The number of unbranched alkanes of at least 4 members (excludes halogenated alkanes) is 39. The average molecular weight is 934 g/mol. The molecule has 0 aliphatic carbocycles. The molecule has 0 saturated carbocycles. The van der Waals surface area contributed by atoms with E-state index in [1.165, 1.54) is 225 Å². The molecule has 0 aromatic heterocycles. The van der Waals surface area contributed by atoms with Crippen molar-refractivity contribution < 1.29 is 28.6 Å². The Hall–Kier alpha value is -1.59. The van der Waals surface area contributed by atoms with E-state index in [1.54, 1.807) is 0 Å². The molecule has 0 aromatic carbocycles. The molecular formula is C60H116O6. The van der Waals surface area contributed by atoms with Gasteiger partial charge in [-0.05, 0) is 31.1 Å². The van der Waals surface area contributed by atoms with Crippen LogP contribution in [0.15, 0.2) is 0 Å². The molecule has 0 unspecified atom stereocenters. The predicted octanol–water partition coefficient (Wildman–Crippen LogP) is 19.7. The highest BCUT2D eigenvalue weighted by atomic mass is 16.6. The van der Waals surface area contributed by atoms with Crippen molar-refractivity contribution in [2.45, 2.75) is 343 Å². The third kappa shape index (κ3) is 53.4. The smallest absolute Gasteiger partial charge is 0.306 e. The molecule has 0 aliphatic rings. The maximum absolute atomic E-state index is 12.9. The lowest BCUT2D eigenvalue weighted by molar-refractivity contribution is -0.167. The molecule has 0 bridgehead atoms. The molecule has 1 atom stereocenters. The molecule has 66 heavy (non-hydrogen) atoms. The number of hydrogen-bond donors (Lipinski definition) is 0. The number of hydrogen-bond acceptors (Lipinski definition) is 6. The summed E-state index contributed by atoms with van der Waals surface area (Å²) in [5.41, 5.74) is 0. The maximum Gasteiger partial charge on any atom is 0.306 e. The van der Waals surface area contributed by atoms with Gasteiger partial charge in [-0.3, -0.25) is 14.4 Å². The largest absolute Gasteiger partial charge is 0.462 e. The van der Waals surface area contributed by atoms with E-state index in [0.29, 0.717) is 19.3 Å². The second-order valence-corrected chi connectivity index (χ2v) is 21.6. The van der Waals surface area contributed by atoms with Crippen LogP contribution < -0.4 is 0 Å². The van der Waals surface area contributed by atoms with Crippen molar-refractivity contribution in [1.29, 1.82) is 0 Å². The lowest BCUT2D eigenvalue weighted by atomic mass is 10.0. The Kier molecular flexibility index (Phi) is 51.5. The number of carbonyl (C=O) groups excluding carboxylic acids is 3. The van der Waals surface area contributed by atoms with Crippen LogP contribution in [0, 0.1) is 11.8 Å². The van der Waals surface area contributed by atoms with Gasteiger partial charge < -0.3 is 14.2 Å². The second-order valence-electron chi connectivity index (χ2n) is 21.6. The highest BCUT2D eigenvalue weighted by Crippen LogP contribution is 2.18. The Morgan fingerprint density at radius 1 is 0.288 bits per heavy atom. The van der Waals surface area contributed by atoms with Crippen LogP contribution in [-0.2, 0) is 28.6 Å². The summed E-state index contributed by atoms with van der Waals surface area (Å²) >= 11 is 0. The Morgan fingerprint density at radius 3 is 0.742 bits per heavy atom. The van der Waals surface area contributed by atoms with Gasteiger partial charge in [-0.2, -0.15) is 0 Å². The van der Waals surface area contributed by atoms with E-state index in [0.717, 1.165) is 69.6 Å². The summed E-state index contributed by atoms with van der Waals surface area (Å²) in [7, 11) is 0. The van der Waals surface area contributed by atoms with Gasteiger partial charge in [0.25, 0.3) is 0 Å². The molecule has 0 N–H and O–H groups in total. The SMILES string of the molecule is CCCCCCCCCCCCCCCCC(=O)OC[C@@H](COC(=O)CCCCCCCCCCCCCCC(C)C)OC(=O)CCCCCCCCCCCCCCCCCCC(C)C. The van der Waals surface area contributed by atoms with Crippen LogP contribution in [0.3, 0.4) is 0 Å². The molecule has 0 spiro atoms. The zero-order valence-corrected chi connectivity index (χ0v) is 45.3. The van der Waals surface area contributed by atoms with Crippen LogP contribution in [0.5, 0.6) is 0 Å². The third-order valence-corrected chi connectivity index (χ3v) is 13.7. The normalized spacial score (nSPS) is 12.0. The highest BCUT2D eigenvalue weighted by Gasteiger charge is 2.19. The quantitative estimate of drug-likeness (QED) is 0.0343. The zero-order valence-electron chi connectivity index (χ0n) is 45.3. The minimum atomic E-state index is -0.763. The zero-order chi connectivity index (χ0) is 48.2. The molecular weight excluding hydrogens is 817 g/mol. The number of rotatable bonds is 54. The van der Waals surface area contributed by atoms with E-state index in [4.69, 9.17) is 14.2 Å². The summed E-state index contributed by atoms with van der Waals surface area (Å²) in [5, 5.41) is 0. The van der Waals surface area contributed by atoms with Gasteiger partial charge in [0.2, 0.25) is 0 Å². The van der Waals surface area contributed by atoms with Crippen molar-refractivity contribution >= 4 is 17.9 Å². The van der Waals surface area contributed by atoms with E-state index in [2.05, 4.69) is 34.6 Å². The Bertz CT molecular complexity index is 1010. The van der Waals surface area contributed by atoms with Gasteiger partial charge in [0.1, 0.15) is 13.2 Å². The van der Waals surface area contributed by atoms with Crippen molar-refractivity contribution in [3.05, 3.63) is 0 Å². The molecule has 0 aliphatic heterocycles. The Morgan fingerprint density at radius 2 is 0.500 bits per heavy atom. The van der Waals surface area contributed by atoms with Crippen LogP contribution in [0.4, 0.5) is 0 Å². The molecule has 0 saturated heterocycles. The number of ether oxygens (including phenoxy) is 3. The lowest BCUT2D eigenvalue weighted by Gasteiger charge is -2.18. The second kappa shape index (κ2) is 52.8. The standard InChI is InChI=1S/C60H116O6/c1-6-7-8-9-10-11-12-13-19-25-30-35-40-45-50-58(61)64-53-57(54-65-59(62)51-46-41-36-31-26-22-21-24-29-34-39-44-49-56(4)5)66-60(63)52-47-42-37-32-27-20-17-15-14-16-18-23-28-33-38-43-48-55(2)3/h55-57H,6-54H2,1-5H3/t57-/m0/s1. The molecule has 0 radical (unpaired) electrons. The van der Waals surface area contributed by atoms with Crippen molar-refractivity contribution in [1.82, 2.24) is 0 Å². The van der Waals surface area contributed by atoms with Crippen molar-refractivity contribution in [2.75, 3.05) is 13.2 Å². The summed E-state index contributed by atoms with van der Waals surface area (Å²) in [5.74, 6) is 0.849. The highest BCUT2D eigenvalue weighted by molar-refractivity contribution is 5.71. The predicted molar refractivity (Wildman–Crippen MR) is 284 cm³/mol. The summed E-state index contributed by atoms with van der Waals surface area (Å²) in [6, 6.07) is 0. The fourth-order valence-corrected chi connectivity index (χ4v) is 9.23. The average Bonchev–Trinajstić information content (AvgIpc) is 3.29. The van der Waals surface area contributed by atoms with Gasteiger partial charge in [0.05, 0.1) is 0 Å². The fraction of sp³-hybridized carbons (Fsp3) is 0.950. The van der Waals surface area contributed by atoms with Crippen molar-refractivity contribution in [3.8, 4) is 0 Å². The lowest BCUT2D eigenvalue weighted by Crippen LogP contribution is -2.30. The van der Waals surface area contributed by atoms with E-state index >= 15 is 0 Å². The molecule has 392 valence electrons. The number of esters is 3. The molecule has 0 aromatic rings. The molecule has 6 nitrogen and oxygen atoms in total.